The third kappa shape index (κ3) is 5.84. The van der Waals surface area contributed by atoms with Crippen LogP contribution in [-0.4, -0.2) is 89.8 Å². The molecular weight excluding hydrogens is 486 g/mol. The number of allylic oxidation sites excluding steroid dienone is 1. The van der Waals surface area contributed by atoms with Crippen LogP contribution in [0.15, 0.2) is 34.5 Å². The van der Waals surface area contributed by atoms with Gasteiger partial charge in [0.25, 0.3) is 11.8 Å². The molecule has 3 heterocycles. The number of carbonyl (C=O) groups excluding carboxylic acids is 2. The molecule has 0 spiro atoms. The van der Waals surface area contributed by atoms with Crippen molar-refractivity contribution in [1.29, 1.82) is 0 Å². The molecule has 0 bridgehead atoms. The van der Waals surface area contributed by atoms with Crippen molar-refractivity contribution in [3.05, 3.63) is 35.0 Å². The summed E-state index contributed by atoms with van der Waals surface area (Å²) in [5.74, 6) is -3.72. The van der Waals surface area contributed by atoms with Gasteiger partial charge in [0.2, 0.25) is 6.61 Å². The number of oxime groups is 1. The van der Waals surface area contributed by atoms with Gasteiger partial charge in [-0.3, -0.25) is 14.5 Å². The Labute approximate surface area is 193 Å². The van der Waals surface area contributed by atoms with E-state index in [1.165, 1.54) is 23.2 Å². The van der Waals surface area contributed by atoms with Gasteiger partial charge in [-0.1, -0.05) is 17.8 Å². The van der Waals surface area contributed by atoms with Crippen molar-refractivity contribution in [3.63, 3.8) is 0 Å². The van der Waals surface area contributed by atoms with Gasteiger partial charge in [-0.15, -0.1) is 23.1 Å². The molecule has 0 aromatic carbocycles. The molecule has 2 aliphatic heterocycles. The van der Waals surface area contributed by atoms with Crippen LogP contribution in [0.4, 0.5) is 5.13 Å². The minimum atomic E-state index is -1.30. The molecule has 33 heavy (non-hydrogen) atoms. The Morgan fingerprint density at radius 1 is 1.36 bits per heavy atom. The summed E-state index contributed by atoms with van der Waals surface area (Å²) in [6.07, 6.45) is 1.38. The van der Waals surface area contributed by atoms with Crippen molar-refractivity contribution < 1.29 is 50.7 Å². The van der Waals surface area contributed by atoms with E-state index < -0.39 is 41.8 Å². The highest BCUT2D eigenvalue weighted by Crippen LogP contribution is 2.40. The minimum absolute atomic E-state index is 0. The monoisotopic (exact) mass is 507 g/mol. The first-order chi connectivity index (χ1) is 14.2. The summed E-state index contributed by atoms with van der Waals surface area (Å²) in [5, 5.41) is 25.0. The summed E-state index contributed by atoms with van der Waals surface area (Å²) in [6, 6.07) is -1.01. The predicted octanol–water partition coefficient (Wildman–Crippen LogP) is -3.02. The van der Waals surface area contributed by atoms with Crippen LogP contribution >= 0.6 is 23.1 Å². The van der Waals surface area contributed by atoms with Crippen molar-refractivity contribution in [3.8, 4) is 0 Å². The number of aliphatic carboxylic acids is 2. The number of carboxylic acids is 2. The predicted molar refractivity (Wildman–Crippen MR) is 117 cm³/mol. The Balaban J connectivity index is 0.00000341. The van der Waals surface area contributed by atoms with Crippen LogP contribution in [0.5, 0.6) is 0 Å². The van der Waals surface area contributed by atoms with E-state index in [2.05, 4.69) is 26.9 Å². The third-order valence-electron chi connectivity index (χ3n) is 4.06. The zero-order valence-corrected chi connectivity index (χ0v) is 18.2. The molecular formula is C16H21N5O10S2. The molecule has 0 saturated carbocycles. The van der Waals surface area contributed by atoms with Crippen LogP contribution in [0.3, 0.4) is 0 Å². The summed E-state index contributed by atoms with van der Waals surface area (Å²) in [6.45, 7) is 2.77. The number of nitrogen functional groups attached to an aromatic ring is 1. The van der Waals surface area contributed by atoms with Gasteiger partial charge >= 0.3 is 11.9 Å². The summed E-state index contributed by atoms with van der Waals surface area (Å²) < 4.78 is 0. The largest absolute Gasteiger partial charge is 0.479 e. The number of thioether (sulfide) groups is 1. The van der Waals surface area contributed by atoms with E-state index in [-0.39, 0.29) is 38.7 Å². The normalized spacial score (nSPS) is 19.0. The van der Waals surface area contributed by atoms with E-state index >= 15 is 0 Å². The lowest BCUT2D eigenvalue weighted by atomic mass is 10.0. The number of hydrogen-bond acceptors (Lipinski definition) is 10. The van der Waals surface area contributed by atoms with Crippen molar-refractivity contribution in [2.75, 3.05) is 18.1 Å². The minimum Gasteiger partial charge on any atom is -0.479 e. The van der Waals surface area contributed by atoms with Crippen LogP contribution in [0, 0.1) is 0 Å². The number of hydrogen-bond donors (Lipinski definition) is 4. The maximum absolute atomic E-state index is 12.7. The number of amides is 2. The lowest BCUT2D eigenvalue weighted by molar-refractivity contribution is -0.150. The van der Waals surface area contributed by atoms with E-state index in [0.717, 1.165) is 16.2 Å². The molecule has 1 fully saturated rings. The van der Waals surface area contributed by atoms with Crippen molar-refractivity contribution in [2.24, 2.45) is 5.16 Å². The van der Waals surface area contributed by atoms with Crippen LogP contribution in [-0.2, 0) is 24.0 Å². The number of carboxylic acid groups (broad SMARTS) is 2. The molecule has 2 atom stereocenters. The molecule has 1 aromatic heterocycles. The van der Waals surface area contributed by atoms with Gasteiger partial charge in [-0.2, -0.15) is 0 Å². The summed E-state index contributed by atoms with van der Waals surface area (Å²) in [7, 11) is 0. The molecule has 2 unspecified atom stereocenters. The molecule has 11 N–H and O–H groups in total. The molecule has 1 aromatic rings. The van der Waals surface area contributed by atoms with Crippen LogP contribution in [0.1, 0.15) is 5.69 Å². The number of β-lactam (4-membered cyclic amide) rings is 1. The number of anilines is 1. The number of thiazole rings is 1. The number of carbonyl (C=O) groups is 4. The smallest absolute Gasteiger partial charge is 0.352 e. The van der Waals surface area contributed by atoms with Gasteiger partial charge in [0.05, 0.1) is 0 Å². The first kappa shape index (κ1) is 29.5. The van der Waals surface area contributed by atoms with Crippen LogP contribution in [0.25, 0.3) is 0 Å². The van der Waals surface area contributed by atoms with E-state index in [9.17, 15) is 24.3 Å². The Hall–Kier alpha value is -3.51. The molecule has 2 aliphatic rings. The quantitative estimate of drug-likeness (QED) is 0.157. The van der Waals surface area contributed by atoms with E-state index in [1.807, 2.05) is 0 Å². The van der Waals surface area contributed by atoms with E-state index in [0.29, 0.717) is 11.3 Å². The third-order valence-corrected chi connectivity index (χ3v) is 6.03. The highest BCUT2D eigenvalue weighted by Gasteiger charge is 2.54. The van der Waals surface area contributed by atoms with Gasteiger partial charge in [0.15, 0.2) is 10.8 Å². The first-order valence-corrected chi connectivity index (χ1v) is 10.1. The molecule has 15 nitrogen and oxygen atoms in total. The molecule has 0 aliphatic carbocycles. The van der Waals surface area contributed by atoms with E-state index in [4.69, 9.17) is 10.8 Å². The number of rotatable bonds is 8. The van der Waals surface area contributed by atoms with Crippen LogP contribution < -0.4 is 11.1 Å². The molecule has 1 saturated heterocycles. The summed E-state index contributed by atoms with van der Waals surface area (Å²) in [5.41, 5.74) is 5.48. The number of fused-ring (bicyclic) bond motifs is 1. The lowest BCUT2D eigenvalue weighted by Gasteiger charge is -2.49. The van der Waals surface area contributed by atoms with Crippen molar-refractivity contribution in [2.45, 2.75) is 11.4 Å². The van der Waals surface area contributed by atoms with Crippen LogP contribution in [0.2, 0.25) is 0 Å². The second-order valence-corrected chi connectivity index (χ2v) is 7.92. The molecule has 0 radical (unpaired) electrons. The van der Waals surface area contributed by atoms with Gasteiger partial charge < -0.3 is 42.5 Å². The molecule has 2 amide bonds. The highest BCUT2D eigenvalue weighted by atomic mass is 32.2. The van der Waals surface area contributed by atoms with Gasteiger partial charge in [-0.25, -0.2) is 14.6 Å². The summed E-state index contributed by atoms with van der Waals surface area (Å²) in [4.78, 5) is 57.1. The second kappa shape index (κ2) is 11.9. The number of aromatic nitrogens is 1. The maximum atomic E-state index is 12.7. The molecule has 17 heteroatoms. The maximum Gasteiger partial charge on any atom is 0.352 e. The zero-order valence-electron chi connectivity index (χ0n) is 16.6. The zero-order chi connectivity index (χ0) is 22.0. The molecule has 182 valence electrons. The first-order valence-electron chi connectivity index (χ1n) is 8.22. The van der Waals surface area contributed by atoms with Gasteiger partial charge in [0.1, 0.15) is 22.8 Å². The Morgan fingerprint density at radius 2 is 2.03 bits per heavy atom. The number of nitrogens with two attached hydrogens (primary N) is 1. The fourth-order valence-electron chi connectivity index (χ4n) is 2.76. The SMILES string of the molecule is C=CC1=C(C(=O)O)N2C(=O)C(NC(=O)C(=NOCC(=O)O)c3csc(N)n3)C2SC1.O.O.O. The Kier molecular flexibility index (Phi) is 10.7. The number of nitrogens with one attached hydrogen (secondary N) is 1. The second-order valence-electron chi connectivity index (χ2n) is 5.92. The fraction of sp³-hybridized carbons (Fsp3) is 0.250. The highest BCUT2D eigenvalue weighted by molar-refractivity contribution is 8.00. The Bertz CT molecular complexity index is 1010. The van der Waals surface area contributed by atoms with Crippen molar-refractivity contribution in [1.82, 2.24) is 15.2 Å². The van der Waals surface area contributed by atoms with E-state index in [1.54, 1.807) is 0 Å². The average molecular weight is 508 g/mol. The van der Waals surface area contributed by atoms with Gasteiger partial charge in [-0.05, 0) is 5.57 Å². The fourth-order valence-corrected chi connectivity index (χ4v) is 4.65. The van der Waals surface area contributed by atoms with Gasteiger partial charge in [0, 0.05) is 11.1 Å². The standard InChI is InChI=1S/C16H15N5O7S2.3H2O/c1-2-6-4-29-14-10(13(25)21(14)11(6)15(26)27)19-12(24)9(20-28-3-8(22)23)7-5-30-16(17)18-7;;;/h2,5,10,14H,1,3-4H2,(H2,17,18)(H,19,24)(H,22,23)(H,26,27);3*1H2. The lowest BCUT2D eigenvalue weighted by Crippen LogP contribution is -2.71. The Morgan fingerprint density at radius 3 is 2.55 bits per heavy atom. The average Bonchev–Trinajstić information content (AvgIpc) is 3.13. The molecule has 3 rings (SSSR count). The van der Waals surface area contributed by atoms with Crippen molar-refractivity contribution >= 4 is 57.7 Å². The summed E-state index contributed by atoms with van der Waals surface area (Å²) >= 11 is 2.30. The number of nitrogens with zero attached hydrogens (tertiary/aromatic N) is 3. The topological polar surface area (TPSA) is 279 Å².